The molecule has 2 unspecified atom stereocenters. The molecule has 0 aromatic rings. The summed E-state index contributed by atoms with van der Waals surface area (Å²) in [6, 6.07) is 1.94. The molecule has 0 spiro atoms. The second kappa shape index (κ2) is 7.34. The summed E-state index contributed by atoms with van der Waals surface area (Å²) in [5.41, 5.74) is 0. The van der Waals surface area contributed by atoms with E-state index in [1.165, 1.54) is 0 Å². The van der Waals surface area contributed by atoms with Crippen LogP contribution in [0.15, 0.2) is 0 Å². The molecule has 0 saturated carbocycles. The molecule has 0 radical (unpaired) electrons. The summed E-state index contributed by atoms with van der Waals surface area (Å²) in [5, 5.41) is 11.1. The average Bonchev–Trinajstić information content (AvgIpc) is 2.03. The minimum Gasteiger partial charge on any atom is -0.384 e. The number of amides is 1. The number of carbonyl (C=O) groups excluding carboxylic acids is 1. The molecule has 80 valence electrons. The Morgan fingerprint density at radius 2 is 2.21 bits per heavy atom. The highest BCUT2D eigenvalue weighted by Gasteiger charge is 2.10. The van der Waals surface area contributed by atoms with E-state index < -0.39 is 0 Å². The van der Waals surface area contributed by atoms with E-state index in [-0.39, 0.29) is 17.9 Å². The van der Waals surface area contributed by atoms with Gasteiger partial charge in [-0.1, -0.05) is 6.92 Å². The van der Waals surface area contributed by atoms with Crippen LogP contribution in [0.5, 0.6) is 0 Å². The Balaban J connectivity index is 3.70. The third kappa shape index (κ3) is 6.44. The second-order valence-electron chi connectivity index (χ2n) is 3.60. The first-order valence-electron chi connectivity index (χ1n) is 4.75. The van der Waals surface area contributed by atoms with Crippen molar-refractivity contribution in [3.8, 4) is 6.07 Å². The van der Waals surface area contributed by atoms with Gasteiger partial charge in [-0.25, -0.2) is 0 Å². The van der Waals surface area contributed by atoms with E-state index in [1.54, 1.807) is 7.11 Å². The highest BCUT2D eigenvalue weighted by atomic mass is 16.5. The van der Waals surface area contributed by atoms with E-state index in [9.17, 15) is 4.79 Å². The first kappa shape index (κ1) is 12.9. The molecule has 0 aliphatic heterocycles. The molecule has 0 bridgehead atoms. The molecule has 0 fully saturated rings. The highest BCUT2D eigenvalue weighted by molar-refractivity contribution is 5.76. The lowest BCUT2D eigenvalue weighted by atomic mass is 10.1. The standard InChI is InChI=1S/C10H18N2O2/c1-8(7-14-3)6-10(13)12-9(2)4-5-11/h8-9H,4,6-7H2,1-3H3,(H,12,13). The van der Waals surface area contributed by atoms with Gasteiger partial charge in [0, 0.05) is 26.2 Å². The Hall–Kier alpha value is -1.08. The predicted molar refractivity (Wildman–Crippen MR) is 53.5 cm³/mol. The number of hydrogen-bond donors (Lipinski definition) is 1. The topological polar surface area (TPSA) is 62.1 Å². The zero-order chi connectivity index (χ0) is 11.0. The van der Waals surface area contributed by atoms with Gasteiger partial charge in [0.15, 0.2) is 0 Å². The summed E-state index contributed by atoms with van der Waals surface area (Å²) in [7, 11) is 1.62. The van der Waals surface area contributed by atoms with Crippen LogP contribution in [-0.2, 0) is 9.53 Å². The summed E-state index contributed by atoms with van der Waals surface area (Å²) in [6.45, 7) is 4.36. The van der Waals surface area contributed by atoms with Crippen LogP contribution in [0.1, 0.15) is 26.7 Å². The number of hydrogen-bond acceptors (Lipinski definition) is 3. The number of ether oxygens (including phenoxy) is 1. The minimum absolute atomic E-state index is 0.0164. The van der Waals surface area contributed by atoms with Gasteiger partial charge in [-0.2, -0.15) is 5.26 Å². The average molecular weight is 198 g/mol. The number of nitriles is 1. The number of methoxy groups -OCH3 is 1. The molecule has 0 aliphatic rings. The van der Waals surface area contributed by atoms with Crippen molar-refractivity contribution in [3.05, 3.63) is 0 Å². The maximum atomic E-state index is 11.3. The number of nitrogens with zero attached hydrogens (tertiary/aromatic N) is 1. The zero-order valence-electron chi connectivity index (χ0n) is 9.04. The van der Waals surface area contributed by atoms with Crippen molar-refractivity contribution in [1.29, 1.82) is 5.26 Å². The Kier molecular flexibility index (Phi) is 6.77. The number of nitrogens with one attached hydrogen (secondary N) is 1. The maximum absolute atomic E-state index is 11.3. The van der Waals surface area contributed by atoms with E-state index >= 15 is 0 Å². The fraction of sp³-hybridized carbons (Fsp3) is 0.800. The van der Waals surface area contributed by atoms with E-state index in [2.05, 4.69) is 5.32 Å². The third-order valence-electron chi connectivity index (χ3n) is 1.79. The van der Waals surface area contributed by atoms with Crippen LogP contribution in [0.25, 0.3) is 0 Å². The molecule has 0 aromatic heterocycles. The lowest BCUT2D eigenvalue weighted by Gasteiger charge is -2.13. The van der Waals surface area contributed by atoms with Crippen molar-refractivity contribution in [1.82, 2.24) is 5.32 Å². The fourth-order valence-electron chi connectivity index (χ4n) is 1.18. The minimum atomic E-state index is -0.0674. The van der Waals surface area contributed by atoms with Crippen molar-refractivity contribution in [3.63, 3.8) is 0 Å². The SMILES string of the molecule is COCC(C)CC(=O)NC(C)CC#N. The largest absolute Gasteiger partial charge is 0.384 e. The monoisotopic (exact) mass is 198 g/mol. The number of carbonyl (C=O) groups is 1. The number of rotatable bonds is 6. The summed E-state index contributed by atoms with van der Waals surface area (Å²) >= 11 is 0. The van der Waals surface area contributed by atoms with E-state index in [0.717, 1.165) is 0 Å². The molecular formula is C10H18N2O2. The zero-order valence-corrected chi connectivity index (χ0v) is 9.04. The lowest BCUT2D eigenvalue weighted by molar-refractivity contribution is -0.122. The maximum Gasteiger partial charge on any atom is 0.220 e. The Morgan fingerprint density at radius 1 is 1.57 bits per heavy atom. The van der Waals surface area contributed by atoms with Crippen molar-refractivity contribution >= 4 is 5.91 Å². The van der Waals surface area contributed by atoms with Gasteiger partial charge in [0.1, 0.15) is 0 Å². The van der Waals surface area contributed by atoms with Crippen LogP contribution in [0, 0.1) is 17.2 Å². The molecule has 1 amide bonds. The molecule has 0 rings (SSSR count). The molecule has 0 aliphatic carbocycles. The van der Waals surface area contributed by atoms with Crippen molar-refractivity contribution < 1.29 is 9.53 Å². The Labute approximate surface area is 85.2 Å². The molecule has 4 nitrogen and oxygen atoms in total. The Morgan fingerprint density at radius 3 is 2.71 bits per heavy atom. The second-order valence-corrected chi connectivity index (χ2v) is 3.60. The van der Waals surface area contributed by atoms with Crippen molar-refractivity contribution in [2.24, 2.45) is 5.92 Å². The summed E-state index contributed by atoms with van der Waals surface area (Å²) in [4.78, 5) is 11.3. The molecule has 14 heavy (non-hydrogen) atoms. The first-order chi connectivity index (χ1) is 6.60. The summed E-state index contributed by atoms with van der Waals surface area (Å²) in [5.74, 6) is 0.201. The van der Waals surface area contributed by atoms with Crippen molar-refractivity contribution in [2.75, 3.05) is 13.7 Å². The third-order valence-corrected chi connectivity index (χ3v) is 1.79. The fourth-order valence-corrected chi connectivity index (χ4v) is 1.18. The van der Waals surface area contributed by atoms with Crippen molar-refractivity contribution in [2.45, 2.75) is 32.7 Å². The van der Waals surface area contributed by atoms with E-state index in [0.29, 0.717) is 19.4 Å². The van der Waals surface area contributed by atoms with Crippen LogP contribution in [0.3, 0.4) is 0 Å². The van der Waals surface area contributed by atoms with Gasteiger partial charge >= 0.3 is 0 Å². The molecular weight excluding hydrogens is 180 g/mol. The Bertz CT molecular complexity index is 211. The molecule has 0 aromatic carbocycles. The molecule has 0 heterocycles. The molecule has 0 saturated heterocycles. The van der Waals surface area contributed by atoms with E-state index in [4.69, 9.17) is 10.00 Å². The highest BCUT2D eigenvalue weighted by Crippen LogP contribution is 2.02. The van der Waals surface area contributed by atoms with Gasteiger partial charge < -0.3 is 10.1 Å². The van der Waals surface area contributed by atoms with Gasteiger partial charge in [0.05, 0.1) is 12.5 Å². The van der Waals surface area contributed by atoms with Crippen LogP contribution in [0.4, 0.5) is 0 Å². The van der Waals surface area contributed by atoms with Gasteiger partial charge in [0.2, 0.25) is 5.91 Å². The molecule has 2 atom stereocenters. The van der Waals surface area contributed by atoms with Crippen LogP contribution in [-0.4, -0.2) is 25.7 Å². The van der Waals surface area contributed by atoms with Crippen LogP contribution < -0.4 is 5.32 Å². The smallest absolute Gasteiger partial charge is 0.220 e. The van der Waals surface area contributed by atoms with Gasteiger partial charge in [-0.15, -0.1) is 0 Å². The summed E-state index contributed by atoms with van der Waals surface area (Å²) in [6.07, 6.45) is 0.800. The van der Waals surface area contributed by atoms with Gasteiger partial charge in [-0.3, -0.25) is 4.79 Å². The van der Waals surface area contributed by atoms with Crippen LogP contribution >= 0.6 is 0 Å². The molecule has 4 heteroatoms. The van der Waals surface area contributed by atoms with Gasteiger partial charge in [0.25, 0.3) is 0 Å². The molecule has 1 N–H and O–H groups in total. The first-order valence-corrected chi connectivity index (χ1v) is 4.75. The quantitative estimate of drug-likeness (QED) is 0.694. The van der Waals surface area contributed by atoms with Gasteiger partial charge in [-0.05, 0) is 12.8 Å². The van der Waals surface area contributed by atoms with Crippen LogP contribution in [0.2, 0.25) is 0 Å². The normalized spacial score (nSPS) is 14.1. The van der Waals surface area contributed by atoms with E-state index in [1.807, 2.05) is 19.9 Å². The summed E-state index contributed by atoms with van der Waals surface area (Å²) < 4.78 is 4.92. The lowest BCUT2D eigenvalue weighted by Crippen LogP contribution is -2.33. The predicted octanol–water partition coefficient (Wildman–Crippen LogP) is 1.08.